The number of carbonyl (C=O) groups is 1. The van der Waals surface area contributed by atoms with Gasteiger partial charge in [0.1, 0.15) is 17.1 Å². The number of amides is 1. The fraction of sp³-hybridized carbons (Fsp3) is 0.158. The molecule has 0 aliphatic heterocycles. The maximum Gasteiger partial charge on any atom is 0.261 e. The van der Waals surface area contributed by atoms with Crippen LogP contribution in [-0.4, -0.2) is 11.1 Å². The molecule has 0 aliphatic carbocycles. The number of nitrogens with zero attached hydrogens (tertiary/aromatic N) is 1. The Balaban J connectivity index is 1.84. The molecule has 0 spiro atoms. The first-order chi connectivity index (χ1) is 11.5. The maximum atomic E-state index is 12.5. The molecule has 1 heterocycles. The fourth-order valence-corrected chi connectivity index (χ4v) is 2.38. The van der Waals surface area contributed by atoms with Gasteiger partial charge in [0.05, 0.1) is 11.4 Å². The third kappa shape index (κ3) is 3.30. The second-order valence-electron chi connectivity index (χ2n) is 5.56. The monoisotopic (exact) mass is 322 g/mol. The summed E-state index contributed by atoms with van der Waals surface area (Å²) in [7, 11) is 0. The lowest BCUT2D eigenvalue weighted by atomic mass is 10.2. The topological polar surface area (TPSA) is 64.4 Å². The number of para-hydroxylation sites is 2. The number of hydrogen-bond acceptors (Lipinski definition) is 4. The van der Waals surface area contributed by atoms with E-state index >= 15 is 0 Å². The minimum atomic E-state index is -0.272. The number of carbonyl (C=O) groups excluding carboxylic acids is 1. The smallest absolute Gasteiger partial charge is 0.261 e. The van der Waals surface area contributed by atoms with Crippen molar-refractivity contribution in [1.82, 2.24) is 5.16 Å². The van der Waals surface area contributed by atoms with Gasteiger partial charge < -0.3 is 14.6 Å². The SMILES string of the molecule is Cc1ccc(Oc2ccccc2NC(=O)c2c(C)noc2C)cc1. The molecular formula is C19H18N2O3. The Kier molecular flexibility index (Phi) is 4.33. The number of aryl methyl sites for hydroxylation is 3. The second-order valence-corrected chi connectivity index (χ2v) is 5.56. The number of hydrogen-bond donors (Lipinski definition) is 1. The number of rotatable bonds is 4. The zero-order valence-corrected chi connectivity index (χ0v) is 13.8. The summed E-state index contributed by atoms with van der Waals surface area (Å²) in [5, 5.41) is 6.67. The van der Waals surface area contributed by atoms with Crippen molar-refractivity contribution in [2.24, 2.45) is 0 Å². The van der Waals surface area contributed by atoms with Crippen molar-refractivity contribution >= 4 is 11.6 Å². The molecule has 0 bridgehead atoms. The molecule has 1 amide bonds. The Morgan fingerprint density at radius 2 is 1.75 bits per heavy atom. The van der Waals surface area contributed by atoms with E-state index in [0.29, 0.717) is 34.2 Å². The Labute approximate surface area is 140 Å². The van der Waals surface area contributed by atoms with Crippen LogP contribution < -0.4 is 10.1 Å². The van der Waals surface area contributed by atoms with Crippen LogP contribution in [0.3, 0.4) is 0 Å². The van der Waals surface area contributed by atoms with Gasteiger partial charge in [-0.25, -0.2) is 0 Å². The van der Waals surface area contributed by atoms with Crippen LogP contribution in [0.1, 0.15) is 27.4 Å². The molecule has 24 heavy (non-hydrogen) atoms. The number of anilines is 1. The van der Waals surface area contributed by atoms with Crippen LogP contribution in [0.2, 0.25) is 0 Å². The van der Waals surface area contributed by atoms with Gasteiger partial charge in [0.25, 0.3) is 5.91 Å². The summed E-state index contributed by atoms with van der Waals surface area (Å²) in [6.45, 7) is 5.46. The normalized spacial score (nSPS) is 10.5. The standard InChI is InChI=1S/C19H18N2O3/c1-12-8-10-15(11-9-12)23-17-7-5-4-6-16(17)20-19(22)18-13(2)21-24-14(18)3/h4-11H,1-3H3,(H,20,22). The van der Waals surface area contributed by atoms with Crippen LogP contribution in [0.5, 0.6) is 11.5 Å². The minimum absolute atomic E-state index is 0.272. The summed E-state index contributed by atoms with van der Waals surface area (Å²) in [5.41, 5.74) is 2.74. The molecule has 0 saturated heterocycles. The Bertz CT molecular complexity index is 847. The van der Waals surface area contributed by atoms with E-state index in [4.69, 9.17) is 9.26 Å². The van der Waals surface area contributed by atoms with Gasteiger partial charge >= 0.3 is 0 Å². The first-order valence-corrected chi connectivity index (χ1v) is 7.62. The lowest BCUT2D eigenvalue weighted by Gasteiger charge is -2.12. The average molecular weight is 322 g/mol. The molecule has 122 valence electrons. The molecule has 0 aliphatic rings. The van der Waals surface area contributed by atoms with Gasteiger partial charge in [0.15, 0.2) is 5.75 Å². The van der Waals surface area contributed by atoms with Crippen molar-refractivity contribution < 1.29 is 14.1 Å². The molecule has 1 aromatic heterocycles. The third-order valence-corrected chi connectivity index (χ3v) is 3.64. The molecule has 0 atom stereocenters. The van der Waals surface area contributed by atoms with Gasteiger partial charge in [0, 0.05) is 0 Å². The highest BCUT2D eigenvalue weighted by Gasteiger charge is 2.18. The van der Waals surface area contributed by atoms with Crippen LogP contribution in [0, 0.1) is 20.8 Å². The summed E-state index contributed by atoms with van der Waals surface area (Å²) in [6.07, 6.45) is 0. The number of nitrogens with one attached hydrogen (secondary N) is 1. The molecule has 0 fully saturated rings. The van der Waals surface area contributed by atoms with Crippen molar-refractivity contribution in [2.45, 2.75) is 20.8 Å². The first kappa shape index (κ1) is 15.8. The summed E-state index contributed by atoms with van der Waals surface area (Å²) in [4.78, 5) is 12.5. The van der Waals surface area contributed by atoms with Crippen LogP contribution in [0.4, 0.5) is 5.69 Å². The highest BCUT2D eigenvalue weighted by Crippen LogP contribution is 2.30. The molecule has 5 nitrogen and oxygen atoms in total. The number of ether oxygens (including phenoxy) is 1. The minimum Gasteiger partial charge on any atom is -0.455 e. The van der Waals surface area contributed by atoms with E-state index in [-0.39, 0.29) is 5.91 Å². The summed E-state index contributed by atoms with van der Waals surface area (Å²) >= 11 is 0. The van der Waals surface area contributed by atoms with Crippen LogP contribution >= 0.6 is 0 Å². The molecule has 3 aromatic rings. The van der Waals surface area contributed by atoms with Gasteiger partial charge in [0.2, 0.25) is 0 Å². The molecule has 5 heteroatoms. The summed E-state index contributed by atoms with van der Waals surface area (Å²) < 4.78 is 10.9. The van der Waals surface area contributed by atoms with Crippen molar-refractivity contribution in [2.75, 3.05) is 5.32 Å². The first-order valence-electron chi connectivity index (χ1n) is 7.62. The van der Waals surface area contributed by atoms with E-state index in [1.54, 1.807) is 19.9 Å². The summed E-state index contributed by atoms with van der Waals surface area (Å²) in [6, 6.07) is 15.0. The molecule has 0 saturated carbocycles. The second kappa shape index (κ2) is 6.58. The average Bonchev–Trinajstić information content (AvgIpc) is 2.90. The summed E-state index contributed by atoms with van der Waals surface area (Å²) in [5.74, 6) is 1.49. The van der Waals surface area contributed by atoms with E-state index in [2.05, 4.69) is 10.5 Å². The van der Waals surface area contributed by atoms with Gasteiger partial charge in [-0.2, -0.15) is 0 Å². The number of aromatic nitrogens is 1. The van der Waals surface area contributed by atoms with Crippen molar-refractivity contribution in [3.05, 3.63) is 71.1 Å². The zero-order chi connectivity index (χ0) is 17.1. The molecule has 0 unspecified atom stereocenters. The highest BCUT2D eigenvalue weighted by molar-refractivity contribution is 6.06. The zero-order valence-electron chi connectivity index (χ0n) is 13.8. The van der Waals surface area contributed by atoms with Gasteiger partial charge in [-0.3, -0.25) is 4.79 Å². The predicted molar refractivity (Wildman–Crippen MR) is 91.6 cm³/mol. The Hall–Kier alpha value is -3.08. The Morgan fingerprint density at radius 1 is 1.04 bits per heavy atom. The largest absolute Gasteiger partial charge is 0.455 e. The molecule has 2 aromatic carbocycles. The van der Waals surface area contributed by atoms with E-state index in [0.717, 1.165) is 5.56 Å². The van der Waals surface area contributed by atoms with Gasteiger partial charge in [-0.1, -0.05) is 35.0 Å². The predicted octanol–water partition coefficient (Wildman–Crippen LogP) is 4.64. The van der Waals surface area contributed by atoms with Crippen molar-refractivity contribution in [3.8, 4) is 11.5 Å². The number of benzene rings is 2. The molecular weight excluding hydrogens is 304 g/mol. The van der Waals surface area contributed by atoms with Gasteiger partial charge in [-0.15, -0.1) is 0 Å². The van der Waals surface area contributed by atoms with Crippen LogP contribution in [0.15, 0.2) is 53.1 Å². The van der Waals surface area contributed by atoms with E-state index in [9.17, 15) is 4.79 Å². The lowest BCUT2D eigenvalue weighted by Crippen LogP contribution is -2.14. The molecule has 0 radical (unpaired) electrons. The maximum absolute atomic E-state index is 12.5. The lowest BCUT2D eigenvalue weighted by molar-refractivity contribution is 0.102. The van der Waals surface area contributed by atoms with Gasteiger partial charge in [-0.05, 0) is 45.0 Å². The van der Waals surface area contributed by atoms with Crippen molar-refractivity contribution in [3.63, 3.8) is 0 Å². The highest BCUT2D eigenvalue weighted by atomic mass is 16.5. The molecule has 3 rings (SSSR count). The van der Waals surface area contributed by atoms with Crippen molar-refractivity contribution in [1.29, 1.82) is 0 Å². The quantitative estimate of drug-likeness (QED) is 0.759. The van der Waals surface area contributed by atoms with E-state index < -0.39 is 0 Å². The Morgan fingerprint density at radius 3 is 2.42 bits per heavy atom. The van der Waals surface area contributed by atoms with E-state index in [1.807, 2.05) is 49.4 Å². The van der Waals surface area contributed by atoms with Crippen LogP contribution in [-0.2, 0) is 0 Å². The van der Waals surface area contributed by atoms with Crippen LogP contribution in [0.25, 0.3) is 0 Å². The third-order valence-electron chi connectivity index (χ3n) is 3.64. The molecule has 1 N–H and O–H groups in total. The fourth-order valence-electron chi connectivity index (χ4n) is 2.38. The van der Waals surface area contributed by atoms with E-state index in [1.165, 1.54) is 0 Å².